The van der Waals surface area contributed by atoms with E-state index in [4.69, 9.17) is 66.9 Å². The van der Waals surface area contributed by atoms with Gasteiger partial charge in [0.25, 0.3) is 0 Å². The summed E-state index contributed by atoms with van der Waals surface area (Å²) in [6.45, 7) is 0. The van der Waals surface area contributed by atoms with E-state index < -0.39 is 14.5 Å². The van der Waals surface area contributed by atoms with E-state index in [-0.39, 0.29) is 68.6 Å². The van der Waals surface area contributed by atoms with Gasteiger partial charge in [0.1, 0.15) is 0 Å². The molecule has 0 heterocycles. The van der Waals surface area contributed by atoms with E-state index in [1.165, 1.54) is 24.8 Å². The fourth-order valence-corrected chi connectivity index (χ4v) is 0.231. The van der Waals surface area contributed by atoms with E-state index >= 15 is 0 Å². The van der Waals surface area contributed by atoms with Crippen LogP contribution in [0.2, 0.25) is 0 Å². The molecule has 0 radical (unpaired) electrons. The first kappa shape index (κ1) is 53.4. The van der Waals surface area contributed by atoms with Crippen molar-refractivity contribution < 1.29 is 79.3 Å². The summed E-state index contributed by atoms with van der Waals surface area (Å²) in [6.07, 6.45) is 5.62. The van der Waals surface area contributed by atoms with Gasteiger partial charge in [0.15, 0.2) is 0 Å². The molecule has 0 unspecified atom stereocenters. The maximum atomic E-state index is 9.75. The van der Waals surface area contributed by atoms with Crippen LogP contribution in [0.1, 0.15) is 0 Å². The number of hydrogen-bond donors (Lipinski definition) is 8. The number of nitriles is 4. The minimum Gasteiger partial charge on any atom is -0.418 e. The minimum absolute atomic E-state index is 0. The Balaban J connectivity index is -0.0000000432. The maximum absolute atomic E-state index is 9.75. The molecule has 0 aliphatic rings. The van der Waals surface area contributed by atoms with Gasteiger partial charge in [-0.05, 0) is 0 Å². The predicted molar refractivity (Wildman–Crippen MR) is 106 cm³/mol. The monoisotopic (exact) mass is 724 g/mol. The van der Waals surface area contributed by atoms with Crippen LogP contribution < -0.4 is 45.9 Å². The number of nitrogens with two attached hydrogens (primary N) is 8. The van der Waals surface area contributed by atoms with Gasteiger partial charge in [-0.3, -0.25) is 0 Å². The average molecular weight is 726 g/mol. The van der Waals surface area contributed by atoms with E-state index in [9.17, 15) is 34.5 Å². The molecule has 0 spiro atoms. The summed E-state index contributed by atoms with van der Waals surface area (Å²) in [5.74, 6) is -0.787. The molecular weight excluding hydrogens is 710 g/mol. The predicted octanol–water partition coefficient (Wildman–Crippen LogP) is -2.44. The van der Waals surface area contributed by atoms with Gasteiger partial charge in [0.2, 0.25) is 48.6 Å². The summed E-state index contributed by atoms with van der Waals surface area (Å²) in [6, 6.07) is 0. The van der Waals surface area contributed by atoms with Crippen molar-refractivity contribution in [3.05, 3.63) is 0 Å². The molecule has 0 amide bonds. The molecule has 0 aliphatic heterocycles. The quantitative estimate of drug-likeness (QED) is 0.0424. The topological polar surface area (TPSA) is 353 Å². The third-order valence-electron chi connectivity index (χ3n) is 0.716. The summed E-state index contributed by atoms with van der Waals surface area (Å²) in [4.78, 5) is 11.6. The molecule has 0 atom stereocenters. The Morgan fingerprint density at radius 2 is 0.500 bits per heavy atom. The van der Waals surface area contributed by atoms with Gasteiger partial charge in [-0.25, -0.2) is 0 Å². The number of hydrogen-bond acceptors (Lipinski definition) is 8. The van der Waals surface area contributed by atoms with Crippen molar-refractivity contribution in [1.29, 1.82) is 21.0 Å². The van der Waals surface area contributed by atoms with Crippen LogP contribution in [-0.2, 0) is 44.8 Å². The molecule has 0 aromatic carbocycles. The molecule has 16 nitrogen and oxygen atoms in total. The number of guanidine groups is 4. The Hall–Kier alpha value is -3.91. The van der Waals surface area contributed by atoms with Crippen LogP contribution in [0.3, 0.4) is 0 Å². The van der Waals surface area contributed by atoms with Crippen molar-refractivity contribution in [2.45, 2.75) is 0 Å². The van der Waals surface area contributed by atoms with Crippen LogP contribution in [0, 0.1) is 45.8 Å². The summed E-state index contributed by atoms with van der Waals surface area (Å²) < 4.78 is 78.0. The van der Waals surface area contributed by atoms with Crippen LogP contribution >= 0.6 is 0 Å². The van der Waals surface area contributed by atoms with Crippen LogP contribution in [0.15, 0.2) is 20.0 Å². The van der Waals surface area contributed by atoms with Crippen molar-refractivity contribution in [2.24, 2.45) is 65.8 Å². The molecule has 0 saturated carbocycles. The molecule has 0 bridgehead atoms. The molecule has 0 aliphatic carbocycles. The standard InChI is InChI=1S/4C2H4N4.2Ag.2BF4/c4*3-1-6-2(4)5;;;2*2-1(3,4)5/h4*(H4,4,5,6);;;;/q;;;;2*+1;2*-1. The number of rotatable bonds is 0. The molecular formula is C8H16Ag2B2F8N16. The molecule has 0 rings (SSSR count). The Morgan fingerprint density at radius 3 is 0.500 bits per heavy atom. The van der Waals surface area contributed by atoms with Crippen LogP contribution in [-0.4, -0.2) is 38.3 Å². The van der Waals surface area contributed by atoms with Gasteiger partial charge in [0.05, 0.1) is 0 Å². The first-order valence-corrected chi connectivity index (χ1v) is 6.74. The fraction of sp³-hybridized carbons (Fsp3) is 0. The minimum atomic E-state index is -6.00. The van der Waals surface area contributed by atoms with E-state index in [1.807, 2.05) is 0 Å². The van der Waals surface area contributed by atoms with E-state index in [2.05, 4.69) is 20.0 Å². The third-order valence-corrected chi connectivity index (χ3v) is 0.716. The van der Waals surface area contributed by atoms with Crippen LogP contribution in [0.4, 0.5) is 34.5 Å². The summed E-state index contributed by atoms with van der Waals surface area (Å²) >= 11 is 0. The second-order valence-electron chi connectivity index (χ2n) is 3.54. The van der Waals surface area contributed by atoms with Crippen LogP contribution in [0.25, 0.3) is 0 Å². The third kappa shape index (κ3) is 389. The zero-order valence-corrected chi connectivity index (χ0v) is 19.9. The maximum Gasteiger partial charge on any atom is 1.00 e. The van der Waals surface area contributed by atoms with Gasteiger partial charge in [-0.2, -0.15) is 21.0 Å². The molecule has 0 saturated heterocycles. The Bertz CT molecular complexity index is 665. The van der Waals surface area contributed by atoms with Crippen molar-refractivity contribution in [3.8, 4) is 24.8 Å². The van der Waals surface area contributed by atoms with Gasteiger partial charge < -0.3 is 80.4 Å². The van der Waals surface area contributed by atoms with Gasteiger partial charge in [-0.15, -0.1) is 20.0 Å². The van der Waals surface area contributed by atoms with Gasteiger partial charge in [-0.1, -0.05) is 0 Å². The van der Waals surface area contributed by atoms with E-state index in [1.54, 1.807) is 0 Å². The summed E-state index contributed by atoms with van der Waals surface area (Å²) in [5, 5.41) is 30.6. The smallest absolute Gasteiger partial charge is 0.418 e. The molecule has 16 N–H and O–H groups in total. The first-order valence-electron chi connectivity index (χ1n) is 6.74. The van der Waals surface area contributed by atoms with Crippen molar-refractivity contribution in [2.75, 3.05) is 0 Å². The van der Waals surface area contributed by atoms with Crippen LogP contribution in [0.5, 0.6) is 0 Å². The largest absolute Gasteiger partial charge is 1.00 e. The number of nitrogens with zero attached hydrogens (tertiary/aromatic N) is 8. The average Bonchev–Trinajstić information content (AvgIpc) is 2.52. The first-order chi connectivity index (χ1) is 15.1. The number of halogens is 8. The molecule has 212 valence electrons. The SMILES string of the molecule is F[B-](F)(F)F.F[B-](F)(F)F.N#CN=C(N)N.N#CN=C(N)N.N#CN=C(N)N.N#CN=C(N)N.[Ag+].[Ag+]. The van der Waals surface area contributed by atoms with E-state index in [0.29, 0.717) is 0 Å². The van der Waals surface area contributed by atoms with Crippen molar-refractivity contribution >= 4 is 38.3 Å². The van der Waals surface area contributed by atoms with Crippen molar-refractivity contribution in [3.63, 3.8) is 0 Å². The Morgan fingerprint density at radius 1 is 0.417 bits per heavy atom. The summed E-state index contributed by atoms with van der Waals surface area (Å²) in [5.41, 5.74) is 37.7. The Labute approximate surface area is 228 Å². The fourth-order valence-electron chi connectivity index (χ4n) is 0.231. The second kappa shape index (κ2) is 35.7. The number of aliphatic imine (C=N–C) groups is 4. The van der Waals surface area contributed by atoms with Crippen molar-refractivity contribution in [1.82, 2.24) is 0 Å². The molecule has 0 aromatic heterocycles. The molecule has 36 heavy (non-hydrogen) atoms. The molecule has 28 heteroatoms. The molecule has 0 fully saturated rings. The Kier molecular flexibility index (Phi) is 53.0. The molecule has 0 aromatic rings. The van der Waals surface area contributed by atoms with Gasteiger partial charge in [0, 0.05) is 0 Å². The zero-order chi connectivity index (χ0) is 29.0. The normalized spacial score (nSPS) is 7.22. The summed E-state index contributed by atoms with van der Waals surface area (Å²) in [7, 11) is -12.0. The van der Waals surface area contributed by atoms with E-state index in [0.717, 1.165) is 0 Å². The van der Waals surface area contributed by atoms with Gasteiger partial charge >= 0.3 is 59.3 Å². The zero-order valence-electron chi connectivity index (χ0n) is 17.0. The second-order valence-corrected chi connectivity index (χ2v) is 3.54.